The number of carbonyl (C=O) groups is 2. The van der Waals surface area contributed by atoms with E-state index in [1.165, 1.54) is 11.9 Å². The molecule has 1 N–H and O–H groups in total. The number of halogens is 1. The maximum absolute atomic E-state index is 13.4. The number of carbonyl (C=O) groups excluding carboxylic acids is 2. The number of rotatable bonds is 10. The third-order valence-corrected chi connectivity index (χ3v) is 6.39. The maximum Gasteiger partial charge on any atom is 0.244 e. The fraction of sp³-hybridized carbons (Fsp3) is 0.364. The molecule has 2 rings (SSSR count). The summed E-state index contributed by atoms with van der Waals surface area (Å²) >= 11 is 3.40. The summed E-state index contributed by atoms with van der Waals surface area (Å²) in [6, 6.07) is 13.2. The Balaban J connectivity index is 2.43. The van der Waals surface area contributed by atoms with Crippen molar-refractivity contribution in [3.63, 3.8) is 0 Å². The van der Waals surface area contributed by atoms with Gasteiger partial charge in [0.25, 0.3) is 0 Å². The first-order valence-electron chi connectivity index (χ1n) is 10.0. The summed E-state index contributed by atoms with van der Waals surface area (Å²) in [5, 5.41) is 2.54. The smallest absolute Gasteiger partial charge is 0.244 e. The lowest BCUT2D eigenvalue weighted by Gasteiger charge is -2.31. The van der Waals surface area contributed by atoms with Crippen molar-refractivity contribution in [3.05, 3.63) is 58.6 Å². The first-order valence-corrected chi connectivity index (χ1v) is 12.7. The highest BCUT2D eigenvalue weighted by Gasteiger charge is 2.30. The summed E-state index contributed by atoms with van der Waals surface area (Å²) in [6.07, 6.45) is 1.03. The van der Waals surface area contributed by atoms with Crippen molar-refractivity contribution in [1.29, 1.82) is 0 Å². The Kier molecular flexibility index (Phi) is 9.09. The summed E-state index contributed by atoms with van der Waals surface area (Å²) in [4.78, 5) is 27.1. The molecule has 0 aliphatic carbocycles. The molecule has 2 aromatic carbocycles. The normalized spacial score (nSPS) is 12.0. The Labute approximate surface area is 197 Å². The van der Waals surface area contributed by atoms with Gasteiger partial charge < -0.3 is 15.0 Å². The van der Waals surface area contributed by atoms with Gasteiger partial charge in [-0.25, -0.2) is 8.42 Å². The van der Waals surface area contributed by atoms with Crippen LogP contribution in [0.1, 0.15) is 19.4 Å². The molecule has 1 atom stereocenters. The second-order valence-electron chi connectivity index (χ2n) is 7.11. The molecule has 32 heavy (non-hydrogen) atoms. The standard InChI is InChI=1S/C22H28BrN3O5S/c1-5-31-20-12-7-6-11-19(20)26(32(4,29)30)15-21(27)25(16(2)22(28)24-3)14-17-9-8-10-18(23)13-17/h6-13,16H,5,14-15H2,1-4H3,(H,24,28)/t16-/m1/s1. The van der Waals surface area contributed by atoms with Crippen LogP contribution in [-0.2, 0) is 26.2 Å². The van der Waals surface area contributed by atoms with Gasteiger partial charge in [0, 0.05) is 18.1 Å². The van der Waals surface area contributed by atoms with Crippen LogP contribution in [0.5, 0.6) is 5.75 Å². The van der Waals surface area contributed by atoms with Crippen LogP contribution in [0.15, 0.2) is 53.0 Å². The quantitative estimate of drug-likeness (QED) is 0.514. The molecule has 10 heteroatoms. The molecule has 8 nitrogen and oxygen atoms in total. The second kappa shape index (κ2) is 11.3. The lowest BCUT2D eigenvalue weighted by molar-refractivity contribution is -0.139. The topological polar surface area (TPSA) is 96.0 Å². The van der Waals surface area contributed by atoms with E-state index in [2.05, 4.69) is 21.2 Å². The number of benzene rings is 2. The van der Waals surface area contributed by atoms with E-state index in [4.69, 9.17) is 4.74 Å². The zero-order valence-corrected chi connectivity index (χ0v) is 20.9. The Morgan fingerprint density at radius 1 is 1.16 bits per heavy atom. The number of hydrogen-bond acceptors (Lipinski definition) is 5. The van der Waals surface area contributed by atoms with Crippen LogP contribution in [0, 0.1) is 0 Å². The van der Waals surface area contributed by atoms with Crippen LogP contribution in [-0.4, -0.2) is 57.6 Å². The van der Waals surface area contributed by atoms with Crippen molar-refractivity contribution in [2.45, 2.75) is 26.4 Å². The third kappa shape index (κ3) is 6.70. The average molecular weight is 526 g/mol. The van der Waals surface area contributed by atoms with E-state index in [0.717, 1.165) is 20.6 Å². The zero-order valence-electron chi connectivity index (χ0n) is 18.5. The number of amides is 2. The minimum Gasteiger partial charge on any atom is -0.492 e. The van der Waals surface area contributed by atoms with Crippen LogP contribution >= 0.6 is 15.9 Å². The van der Waals surface area contributed by atoms with Crippen LogP contribution in [0.25, 0.3) is 0 Å². The summed E-state index contributed by atoms with van der Waals surface area (Å²) in [6.45, 7) is 3.40. The molecule has 0 aliphatic heterocycles. The van der Waals surface area contributed by atoms with E-state index in [-0.39, 0.29) is 18.1 Å². The molecule has 174 valence electrons. The first-order chi connectivity index (χ1) is 15.1. The molecule has 2 aromatic rings. The predicted molar refractivity (Wildman–Crippen MR) is 128 cm³/mol. The molecule has 2 amide bonds. The average Bonchev–Trinajstić information content (AvgIpc) is 2.74. The van der Waals surface area contributed by atoms with Crippen LogP contribution in [0.4, 0.5) is 5.69 Å². The Morgan fingerprint density at radius 2 is 1.84 bits per heavy atom. The predicted octanol–water partition coefficient (Wildman–Crippen LogP) is 2.78. The maximum atomic E-state index is 13.4. The molecular formula is C22H28BrN3O5S. The lowest BCUT2D eigenvalue weighted by Crippen LogP contribution is -2.50. The van der Waals surface area contributed by atoms with Gasteiger partial charge in [0.05, 0.1) is 18.6 Å². The van der Waals surface area contributed by atoms with Gasteiger partial charge in [-0.1, -0.05) is 40.2 Å². The summed E-state index contributed by atoms with van der Waals surface area (Å²) in [5.74, 6) is -0.516. The number of para-hydroxylation sites is 2. The van der Waals surface area contributed by atoms with E-state index < -0.39 is 28.5 Å². The van der Waals surface area contributed by atoms with E-state index >= 15 is 0 Å². The van der Waals surface area contributed by atoms with Crippen LogP contribution < -0.4 is 14.4 Å². The largest absolute Gasteiger partial charge is 0.492 e. The highest BCUT2D eigenvalue weighted by molar-refractivity contribution is 9.10. The number of likely N-dealkylation sites (N-methyl/N-ethyl adjacent to an activating group) is 1. The van der Waals surface area contributed by atoms with Crippen molar-refractivity contribution in [1.82, 2.24) is 10.2 Å². The minimum absolute atomic E-state index is 0.136. The lowest BCUT2D eigenvalue weighted by atomic mass is 10.1. The molecule has 0 spiro atoms. The molecule has 0 fully saturated rings. The van der Waals surface area contributed by atoms with Crippen LogP contribution in [0.3, 0.4) is 0 Å². The summed E-state index contributed by atoms with van der Waals surface area (Å²) < 4.78 is 32.7. The van der Waals surface area contributed by atoms with Gasteiger partial charge in [0.15, 0.2) is 0 Å². The van der Waals surface area contributed by atoms with Crippen molar-refractivity contribution in [2.75, 3.05) is 30.8 Å². The molecule has 0 aromatic heterocycles. The molecular weight excluding hydrogens is 498 g/mol. The van der Waals surface area contributed by atoms with Crippen molar-refractivity contribution >= 4 is 43.5 Å². The van der Waals surface area contributed by atoms with Gasteiger partial charge in [0.2, 0.25) is 21.8 Å². The fourth-order valence-corrected chi connectivity index (χ4v) is 4.46. The number of hydrogen-bond donors (Lipinski definition) is 1. The van der Waals surface area contributed by atoms with Crippen LogP contribution in [0.2, 0.25) is 0 Å². The van der Waals surface area contributed by atoms with Gasteiger partial charge in [0.1, 0.15) is 18.3 Å². The highest BCUT2D eigenvalue weighted by atomic mass is 79.9. The highest BCUT2D eigenvalue weighted by Crippen LogP contribution is 2.30. The monoisotopic (exact) mass is 525 g/mol. The number of nitrogens with one attached hydrogen (secondary N) is 1. The van der Waals surface area contributed by atoms with E-state index in [1.54, 1.807) is 38.1 Å². The molecule has 0 saturated heterocycles. The molecule has 0 saturated carbocycles. The Morgan fingerprint density at radius 3 is 2.44 bits per heavy atom. The second-order valence-corrected chi connectivity index (χ2v) is 9.93. The SMILES string of the molecule is CCOc1ccccc1N(CC(=O)N(Cc1cccc(Br)c1)[C@H](C)C(=O)NC)S(C)(=O)=O. The Hall–Kier alpha value is -2.59. The molecule has 0 heterocycles. The third-order valence-electron chi connectivity index (χ3n) is 4.77. The molecule has 0 unspecified atom stereocenters. The fourth-order valence-electron chi connectivity index (χ4n) is 3.16. The van der Waals surface area contributed by atoms with Gasteiger partial charge in [-0.05, 0) is 43.7 Å². The number of ether oxygens (including phenoxy) is 1. The summed E-state index contributed by atoms with van der Waals surface area (Å²) in [7, 11) is -2.33. The number of nitrogens with zero attached hydrogens (tertiary/aromatic N) is 2. The molecule has 0 bridgehead atoms. The van der Waals surface area contributed by atoms with Crippen molar-refractivity contribution < 1.29 is 22.7 Å². The molecule has 0 radical (unpaired) electrons. The van der Waals surface area contributed by atoms with Gasteiger partial charge in [-0.3, -0.25) is 13.9 Å². The van der Waals surface area contributed by atoms with Crippen molar-refractivity contribution in [3.8, 4) is 5.75 Å². The summed E-state index contributed by atoms with van der Waals surface area (Å²) in [5.41, 5.74) is 1.06. The first kappa shape index (κ1) is 25.7. The van der Waals surface area contributed by atoms with Gasteiger partial charge in [-0.15, -0.1) is 0 Å². The Bertz CT molecular complexity index is 1060. The van der Waals surface area contributed by atoms with E-state index in [1.807, 2.05) is 24.3 Å². The van der Waals surface area contributed by atoms with Crippen molar-refractivity contribution in [2.24, 2.45) is 0 Å². The number of anilines is 1. The number of sulfonamides is 1. The minimum atomic E-state index is -3.82. The van der Waals surface area contributed by atoms with Gasteiger partial charge >= 0.3 is 0 Å². The van der Waals surface area contributed by atoms with E-state index in [9.17, 15) is 18.0 Å². The van der Waals surface area contributed by atoms with Gasteiger partial charge in [-0.2, -0.15) is 0 Å². The molecule has 0 aliphatic rings. The van der Waals surface area contributed by atoms with E-state index in [0.29, 0.717) is 12.4 Å². The zero-order chi connectivity index (χ0) is 23.9.